The smallest absolute Gasteiger partial charge is 0.254 e. The van der Waals surface area contributed by atoms with Gasteiger partial charge in [0.2, 0.25) is 5.91 Å². The number of carbonyl (C=O) groups excluding carboxylic acids is 2. The molecular formula is C19H22N2O3. The lowest BCUT2D eigenvalue weighted by Crippen LogP contribution is -2.37. The molecule has 24 heavy (non-hydrogen) atoms. The van der Waals surface area contributed by atoms with Crippen molar-refractivity contribution in [1.29, 1.82) is 0 Å². The molecule has 0 saturated heterocycles. The van der Waals surface area contributed by atoms with Crippen molar-refractivity contribution in [1.82, 2.24) is 4.90 Å². The van der Waals surface area contributed by atoms with E-state index in [1.54, 1.807) is 37.4 Å². The van der Waals surface area contributed by atoms with Gasteiger partial charge in [-0.3, -0.25) is 9.59 Å². The molecule has 5 heteroatoms. The fraction of sp³-hybridized carbons (Fsp3) is 0.263. The molecule has 0 aliphatic carbocycles. The summed E-state index contributed by atoms with van der Waals surface area (Å²) in [6, 6.07) is 14.5. The van der Waals surface area contributed by atoms with E-state index in [1.165, 1.54) is 4.90 Å². The molecule has 1 N–H and O–H groups in total. The molecule has 0 atom stereocenters. The van der Waals surface area contributed by atoms with Crippen molar-refractivity contribution in [3.8, 4) is 5.75 Å². The number of benzene rings is 2. The molecule has 0 aromatic heterocycles. The first-order chi connectivity index (χ1) is 11.5. The second-order valence-electron chi connectivity index (χ2n) is 5.47. The van der Waals surface area contributed by atoms with Crippen molar-refractivity contribution in [3.63, 3.8) is 0 Å². The van der Waals surface area contributed by atoms with Crippen LogP contribution in [-0.4, -0.2) is 36.9 Å². The SMILES string of the molecule is CCN(CC(=O)Nc1cccc(OC)c1)C(=O)c1cccc(C)c1. The van der Waals surface area contributed by atoms with E-state index in [4.69, 9.17) is 4.74 Å². The van der Waals surface area contributed by atoms with Gasteiger partial charge in [0.05, 0.1) is 7.11 Å². The van der Waals surface area contributed by atoms with Crippen LogP contribution in [0.5, 0.6) is 5.75 Å². The van der Waals surface area contributed by atoms with Gasteiger partial charge >= 0.3 is 0 Å². The first kappa shape index (κ1) is 17.5. The van der Waals surface area contributed by atoms with Crippen LogP contribution in [-0.2, 0) is 4.79 Å². The maximum atomic E-state index is 12.5. The number of rotatable bonds is 6. The topological polar surface area (TPSA) is 58.6 Å². The van der Waals surface area contributed by atoms with E-state index in [-0.39, 0.29) is 18.4 Å². The van der Waals surface area contributed by atoms with Gasteiger partial charge in [0.1, 0.15) is 12.3 Å². The highest BCUT2D eigenvalue weighted by atomic mass is 16.5. The predicted molar refractivity (Wildman–Crippen MR) is 94.4 cm³/mol. The number of aryl methyl sites for hydroxylation is 1. The fourth-order valence-electron chi connectivity index (χ4n) is 2.36. The third kappa shape index (κ3) is 4.59. The van der Waals surface area contributed by atoms with Gasteiger partial charge in [0.25, 0.3) is 5.91 Å². The number of methoxy groups -OCH3 is 1. The third-order valence-electron chi connectivity index (χ3n) is 3.62. The van der Waals surface area contributed by atoms with Gasteiger partial charge in [-0.2, -0.15) is 0 Å². The largest absolute Gasteiger partial charge is 0.497 e. The van der Waals surface area contributed by atoms with Crippen molar-refractivity contribution in [3.05, 3.63) is 59.7 Å². The quantitative estimate of drug-likeness (QED) is 0.887. The van der Waals surface area contributed by atoms with Crippen LogP contribution in [0.25, 0.3) is 0 Å². The Balaban J connectivity index is 2.03. The summed E-state index contributed by atoms with van der Waals surface area (Å²) in [6.45, 7) is 4.24. The van der Waals surface area contributed by atoms with E-state index in [0.29, 0.717) is 23.5 Å². The average Bonchev–Trinajstić information content (AvgIpc) is 2.59. The monoisotopic (exact) mass is 326 g/mol. The molecule has 0 heterocycles. The summed E-state index contributed by atoms with van der Waals surface area (Å²) in [5, 5.41) is 2.79. The molecule has 2 aromatic rings. The minimum Gasteiger partial charge on any atom is -0.497 e. The maximum absolute atomic E-state index is 12.5. The Hall–Kier alpha value is -2.82. The Morgan fingerprint density at radius 3 is 2.54 bits per heavy atom. The Kier molecular flexibility index (Phi) is 5.95. The Morgan fingerprint density at radius 2 is 1.88 bits per heavy atom. The molecule has 2 aromatic carbocycles. The van der Waals surface area contributed by atoms with Crippen LogP contribution in [0.1, 0.15) is 22.8 Å². The number of nitrogens with one attached hydrogen (secondary N) is 1. The lowest BCUT2D eigenvalue weighted by molar-refractivity contribution is -0.116. The van der Waals surface area contributed by atoms with Crippen molar-refractivity contribution in [2.45, 2.75) is 13.8 Å². The van der Waals surface area contributed by atoms with Gasteiger partial charge in [-0.05, 0) is 38.1 Å². The summed E-state index contributed by atoms with van der Waals surface area (Å²) in [6.07, 6.45) is 0. The van der Waals surface area contributed by atoms with Gasteiger partial charge in [-0.1, -0.05) is 23.8 Å². The predicted octanol–water partition coefficient (Wildman–Crippen LogP) is 3.10. The molecule has 2 amide bonds. The number of ether oxygens (including phenoxy) is 1. The van der Waals surface area contributed by atoms with E-state index in [2.05, 4.69) is 5.32 Å². The van der Waals surface area contributed by atoms with Crippen LogP contribution in [0.2, 0.25) is 0 Å². The van der Waals surface area contributed by atoms with Crippen LogP contribution in [0, 0.1) is 6.92 Å². The van der Waals surface area contributed by atoms with Gasteiger partial charge in [-0.15, -0.1) is 0 Å². The van der Waals surface area contributed by atoms with Crippen molar-refractivity contribution in [2.75, 3.05) is 25.5 Å². The zero-order chi connectivity index (χ0) is 17.5. The number of anilines is 1. The van der Waals surface area contributed by atoms with Gasteiger partial charge in [-0.25, -0.2) is 0 Å². The fourth-order valence-corrected chi connectivity index (χ4v) is 2.36. The lowest BCUT2D eigenvalue weighted by atomic mass is 10.1. The second-order valence-corrected chi connectivity index (χ2v) is 5.47. The maximum Gasteiger partial charge on any atom is 0.254 e. The molecule has 0 saturated carbocycles. The molecule has 0 bridgehead atoms. The minimum atomic E-state index is -0.244. The minimum absolute atomic E-state index is 0.000481. The summed E-state index contributed by atoms with van der Waals surface area (Å²) in [4.78, 5) is 26.3. The normalized spacial score (nSPS) is 10.1. The van der Waals surface area contributed by atoms with Crippen molar-refractivity contribution in [2.24, 2.45) is 0 Å². The number of hydrogen-bond acceptors (Lipinski definition) is 3. The Labute approximate surface area is 142 Å². The molecular weight excluding hydrogens is 304 g/mol. The number of hydrogen-bond donors (Lipinski definition) is 1. The lowest BCUT2D eigenvalue weighted by Gasteiger charge is -2.20. The van der Waals surface area contributed by atoms with Crippen LogP contribution in [0.15, 0.2) is 48.5 Å². The van der Waals surface area contributed by atoms with Crippen LogP contribution >= 0.6 is 0 Å². The van der Waals surface area contributed by atoms with Crippen LogP contribution in [0.3, 0.4) is 0 Å². The highest BCUT2D eigenvalue weighted by molar-refractivity contribution is 5.99. The van der Waals surface area contributed by atoms with Gasteiger partial charge in [0, 0.05) is 23.9 Å². The first-order valence-corrected chi connectivity index (χ1v) is 7.83. The molecule has 0 radical (unpaired) electrons. The van der Waals surface area contributed by atoms with Crippen LogP contribution < -0.4 is 10.1 Å². The number of likely N-dealkylation sites (N-methyl/N-ethyl adjacent to an activating group) is 1. The van der Waals surface area contributed by atoms with Crippen molar-refractivity contribution < 1.29 is 14.3 Å². The highest BCUT2D eigenvalue weighted by Gasteiger charge is 2.17. The molecule has 126 valence electrons. The molecule has 0 aliphatic heterocycles. The number of nitrogens with zero attached hydrogens (tertiary/aromatic N) is 1. The van der Waals surface area contributed by atoms with E-state index >= 15 is 0 Å². The summed E-state index contributed by atoms with van der Waals surface area (Å²) in [5.41, 5.74) is 2.24. The van der Waals surface area contributed by atoms with E-state index in [9.17, 15) is 9.59 Å². The summed E-state index contributed by atoms with van der Waals surface area (Å²) in [5.74, 6) is 0.268. The van der Waals surface area contributed by atoms with Crippen molar-refractivity contribution >= 4 is 17.5 Å². The zero-order valence-corrected chi connectivity index (χ0v) is 14.2. The zero-order valence-electron chi connectivity index (χ0n) is 14.2. The second kappa shape index (κ2) is 8.15. The van der Waals surface area contributed by atoms with E-state index in [1.807, 2.05) is 32.0 Å². The molecule has 0 aliphatic rings. The molecule has 0 fully saturated rings. The van der Waals surface area contributed by atoms with Gasteiger partial charge in [0.15, 0.2) is 0 Å². The number of amides is 2. The molecule has 2 rings (SSSR count). The summed E-state index contributed by atoms with van der Waals surface area (Å²) < 4.78 is 5.13. The Morgan fingerprint density at radius 1 is 1.12 bits per heavy atom. The standard InChI is InChI=1S/C19H22N2O3/c1-4-21(19(23)15-8-5-7-14(2)11-15)13-18(22)20-16-9-6-10-17(12-16)24-3/h5-12H,4,13H2,1-3H3,(H,20,22). The third-order valence-corrected chi connectivity index (χ3v) is 3.62. The van der Waals surface area contributed by atoms with E-state index in [0.717, 1.165) is 5.56 Å². The van der Waals surface area contributed by atoms with Crippen LogP contribution in [0.4, 0.5) is 5.69 Å². The summed E-state index contributed by atoms with van der Waals surface area (Å²) >= 11 is 0. The Bertz CT molecular complexity index is 728. The first-order valence-electron chi connectivity index (χ1n) is 7.83. The molecule has 0 unspecified atom stereocenters. The highest BCUT2D eigenvalue weighted by Crippen LogP contribution is 2.16. The van der Waals surface area contributed by atoms with E-state index < -0.39 is 0 Å². The molecule has 0 spiro atoms. The molecule has 5 nitrogen and oxygen atoms in total. The number of carbonyl (C=O) groups is 2. The van der Waals surface area contributed by atoms with Gasteiger partial charge < -0.3 is 15.0 Å². The summed E-state index contributed by atoms with van der Waals surface area (Å²) in [7, 11) is 1.57. The average molecular weight is 326 g/mol.